The minimum absolute atomic E-state index is 0.0519. The first-order chi connectivity index (χ1) is 8.08. The molecule has 2 unspecified atom stereocenters. The summed E-state index contributed by atoms with van der Waals surface area (Å²) in [4.78, 5) is 11.4. The van der Waals surface area contributed by atoms with Crippen molar-refractivity contribution in [3.05, 3.63) is 29.3 Å². The zero-order valence-electron chi connectivity index (χ0n) is 9.81. The van der Waals surface area contributed by atoms with Crippen molar-refractivity contribution in [2.75, 3.05) is 0 Å². The number of carboxylic acids is 1. The molecule has 0 fully saturated rings. The van der Waals surface area contributed by atoms with Crippen molar-refractivity contribution < 1.29 is 14.1 Å². The summed E-state index contributed by atoms with van der Waals surface area (Å²) in [5, 5.41) is 8.36. The Balaban J connectivity index is 2.17. The normalized spacial score (nSPS) is 17.5. The highest BCUT2D eigenvalue weighted by atomic mass is 32.2. The molecule has 0 saturated heterocycles. The third kappa shape index (κ3) is 2.75. The van der Waals surface area contributed by atoms with E-state index in [0.717, 1.165) is 24.2 Å². The average molecular weight is 252 g/mol. The Morgan fingerprint density at radius 1 is 1.41 bits per heavy atom. The molecule has 0 aliphatic heterocycles. The van der Waals surface area contributed by atoms with Crippen molar-refractivity contribution in [3.63, 3.8) is 0 Å². The summed E-state index contributed by atoms with van der Waals surface area (Å²) in [7, 11) is -1.22. The second kappa shape index (κ2) is 5.00. The standard InChI is InChI=1S/C13H16O3S/c1-9(7-13(14)15)17(16)12-6-5-10-3-2-4-11(10)8-12/h5-6,8-9H,2-4,7H2,1H3,(H,14,15). The minimum Gasteiger partial charge on any atom is -0.481 e. The summed E-state index contributed by atoms with van der Waals surface area (Å²) in [6, 6.07) is 5.89. The Hall–Kier alpha value is -1.16. The molecule has 1 aliphatic carbocycles. The molecule has 3 nitrogen and oxygen atoms in total. The first-order valence-electron chi connectivity index (χ1n) is 5.82. The molecule has 1 aromatic rings. The summed E-state index contributed by atoms with van der Waals surface area (Å²) < 4.78 is 12.1. The number of aryl methyl sites for hydroxylation is 2. The van der Waals surface area contributed by atoms with Crippen molar-refractivity contribution >= 4 is 16.8 Å². The molecule has 0 radical (unpaired) electrons. The van der Waals surface area contributed by atoms with Crippen LogP contribution in [0.4, 0.5) is 0 Å². The molecule has 0 amide bonds. The van der Waals surface area contributed by atoms with E-state index in [9.17, 15) is 9.00 Å². The van der Waals surface area contributed by atoms with Crippen LogP contribution in [0.5, 0.6) is 0 Å². The zero-order chi connectivity index (χ0) is 12.4. The lowest BCUT2D eigenvalue weighted by Crippen LogP contribution is -2.16. The summed E-state index contributed by atoms with van der Waals surface area (Å²) in [6.07, 6.45) is 3.26. The van der Waals surface area contributed by atoms with E-state index in [1.807, 2.05) is 18.2 Å². The lowest BCUT2D eigenvalue weighted by atomic mass is 10.1. The van der Waals surface area contributed by atoms with E-state index in [1.165, 1.54) is 11.1 Å². The number of hydrogen-bond acceptors (Lipinski definition) is 2. The topological polar surface area (TPSA) is 54.4 Å². The maximum atomic E-state index is 12.1. The van der Waals surface area contributed by atoms with E-state index < -0.39 is 16.8 Å². The zero-order valence-corrected chi connectivity index (χ0v) is 10.6. The summed E-state index contributed by atoms with van der Waals surface area (Å²) >= 11 is 0. The van der Waals surface area contributed by atoms with Crippen LogP contribution < -0.4 is 0 Å². The molecule has 1 aliphatic rings. The average Bonchev–Trinajstić information content (AvgIpc) is 2.73. The third-order valence-electron chi connectivity index (χ3n) is 3.13. The van der Waals surface area contributed by atoms with E-state index in [-0.39, 0.29) is 11.7 Å². The van der Waals surface area contributed by atoms with Crippen LogP contribution in [0.1, 0.15) is 30.9 Å². The van der Waals surface area contributed by atoms with E-state index in [2.05, 4.69) is 0 Å². The largest absolute Gasteiger partial charge is 0.481 e. The van der Waals surface area contributed by atoms with E-state index in [4.69, 9.17) is 5.11 Å². The lowest BCUT2D eigenvalue weighted by Gasteiger charge is -2.10. The molecule has 0 saturated carbocycles. The fraction of sp³-hybridized carbons (Fsp3) is 0.462. The number of rotatable bonds is 4. The van der Waals surface area contributed by atoms with E-state index in [1.54, 1.807) is 6.92 Å². The number of benzene rings is 1. The Bertz CT molecular complexity index is 468. The van der Waals surface area contributed by atoms with Gasteiger partial charge in [0.1, 0.15) is 0 Å². The Kier molecular flexibility index (Phi) is 3.62. The molecule has 17 heavy (non-hydrogen) atoms. The molecule has 0 aromatic heterocycles. The van der Waals surface area contributed by atoms with Gasteiger partial charge in [-0.3, -0.25) is 9.00 Å². The second-order valence-electron chi connectivity index (χ2n) is 4.49. The van der Waals surface area contributed by atoms with Crippen LogP contribution in [0.25, 0.3) is 0 Å². The highest BCUT2D eigenvalue weighted by Crippen LogP contribution is 2.25. The predicted molar refractivity (Wildman–Crippen MR) is 66.6 cm³/mol. The lowest BCUT2D eigenvalue weighted by molar-refractivity contribution is -0.136. The van der Waals surface area contributed by atoms with Crippen LogP contribution in [-0.4, -0.2) is 20.5 Å². The van der Waals surface area contributed by atoms with Gasteiger partial charge in [0.05, 0.1) is 17.2 Å². The van der Waals surface area contributed by atoms with Gasteiger partial charge in [-0.25, -0.2) is 0 Å². The van der Waals surface area contributed by atoms with Crippen molar-refractivity contribution in [2.45, 2.75) is 42.8 Å². The van der Waals surface area contributed by atoms with Gasteiger partial charge in [-0.15, -0.1) is 0 Å². The molecule has 1 N–H and O–H groups in total. The quantitative estimate of drug-likeness (QED) is 0.893. The smallest absolute Gasteiger partial charge is 0.304 e. The van der Waals surface area contributed by atoms with Gasteiger partial charge in [-0.05, 0) is 49.4 Å². The Morgan fingerprint density at radius 2 is 2.12 bits per heavy atom. The van der Waals surface area contributed by atoms with Gasteiger partial charge in [-0.1, -0.05) is 6.07 Å². The number of carbonyl (C=O) groups is 1. The van der Waals surface area contributed by atoms with Gasteiger partial charge in [0.15, 0.2) is 0 Å². The molecular weight excluding hydrogens is 236 g/mol. The summed E-state index contributed by atoms with van der Waals surface area (Å²) in [5.74, 6) is -0.896. The molecule has 0 heterocycles. The van der Waals surface area contributed by atoms with Gasteiger partial charge >= 0.3 is 5.97 Å². The number of aliphatic carboxylic acids is 1. The van der Waals surface area contributed by atoms with Crippen LogP contribution in [0, 0.1) is 0 Å². The first kappa shape index (κ1) is 12.3. The fourth-order valence-corrected chi connectivity index (χ4v) is 3.45. The fourth-order valence-electron chi connectivity index (χ4n) is 2.23. The highest BCUT2D eigenvalue weighted by molar-refractivity contribution is 7.85. The number of fused-ring (bicyclic) bond motifs is 1. The number of hydrogen-bond donors (Lipinski definition) is 1. The summed E-state index contributed by atoms with van der Waals surface area (Å²) in [5.41, 5.74) is 2.62. The van der Waals surface area contributed by atoms with Gasteiger partial charge < -0.3 is 5.11 Å². The molecule has 92 valence electrons. The van der Waals surface area contributed by atoms with Gasteiger partial charge in [0, 0.05) is 10.1 Å². The van der Waals surface area contributed by atoms with Crippen LogP contribution in [0.2, 0.25) is 0 Å². The Labute approximate surface area is 103 Å². The summed E-state index contributed by atoms with van der Waals surface area (Å²) in [6.45, 7) is 1.72. The minimum atomic E-state index is -1.22. The van der Waals surface area contributed by atoms with E-state index in [0.29, 0.717) is 0 Å². The maximum absolute atomic E-state index is 12.1. The van der Waals surface area contributed by atoms with Crippen LogP contribution in [0.3, 0.4) is 0 Å². The first-order valence-corrected chi connectivity index (χ1v) is 7.03. The number of carboxylic acid groups (broad SMARTS) is 1. The molecule has 2 rings (SSSR count). The van der Waals surface area contributed by atoms with Crippen molar-refractivity contribution in [1.82, 2.24) is 0 Å². The van der Waals surface area contributed by atoms with Gasteiger partial charge in [0.2, 0.25) is 0 Å². The molecule has 2 atom stereocenters. The second-order valence-corrected chi connectivity index (χ2v) is 6.36. The van der Waals surface area contributed by atoms with Crippen molar-refractivity contribution in [2.24, 2.45) is 0 Å². The predicted octanol–water partition coefficient (Wildman–Crippen LogP) is 2.15. The highest BCUT2D eigenvalue weighted by Gasteiger charge is 2.19. The van der Waals surface area contributed by atoms with Crippen LogP contribution in [0.15, 0.2) is 23.1 Å². The Morgan fingerprint density at radius 3 is 2.82 bits per heavy atom. The monoisotopic (exact) mass is 252 g/mol. The maximum Gasteiger partial charge on any atom is 0.304 e. The molecular formula is C13H16O3S. The molecule has 0 spiro atoms. The molecule has 4 heteroatoms. The SMILES string of the molecule is CC(CC(=O)O)S(=O)c1ccc2c(c1)CCC2. The van der Waals surface area contributed by atoms with Gasteiger partial charge in [0.25, 0.3) is 0 Å². The van der Waals surface area contributed by atoms with Gasteiger partial charge in [-0.2, -0.15) is 0 Å². The third-order valence-corrected chi connectivity index (χ3v) is 4.75. The molecule has 1 aromatic carbocycles. The van der Waals surface area contributed by atoms with Crippen molar-refractivity contribution in [3.8, 4) is 0 Å². The van der Waals surface area contributed by atoms with E-state index >= 15 is 0 Å². The van der Waals surface area contributed by atoms with Crippen molar-refractivity contribution in [1.29, 1.82) is 0 Å². The van der Waals surface area contributed by atoms with Crippen LogP contribution in [-0.2, 0) is 28.4 Å². The molecule has 0 bridgehead atoms. The van der Waals surface area contributed by atoms with Crippen LogP contribution >= 0.6 is 0 Å².